The summed E-state index contributed by atoms with van der Waals surface area (Å²) in [5, 5.41) is 19.7. The molecule has 1 aromatic rings. The van der Waals surface area contributed by atoms with E-state index in [2.05, 4.69) is 9.72 Å². The largest absolute Gasteiger partial charge is 0.466 e. The molecule has 1 heterocycles. The molecule has 0 bridgehead atoms. The summed E-state index contributed by atoms with van der Waals surface area (Å²) in [6.07, 6.45) is 3.69. The fraction of sp³-hybridized carbons (Fsp3) is 0.538. The Morgan fingerprint density at radius 3 is 2.79 bits per heavy atom. The van der Waals surface area contributed by atoms with Gasteiger partial charge < -0.3 is 19.5 Å². The first-order valence-corrected chi connectivity index (χ1v) is 5.92. The van der Waals surface area contributed by atoms with Gasteiger partial charge in [0.1, 0.15) is 0 Å². The molecule has 19 heavy (non-hydrogen) atoms. The first kappa shape index (κ1) is 15.4. The highest BCUT2D eigenvalue weighted by Crippen LogP contribution is 2.17. The Labute approximate surface area is 112 Å². The highest BCUT2D eigenvalue weighted by Gasteiger charge is 2.26. The van der Waals surface area contributed by atoms with Crippen molar-refractivity contribution in [2.24, 2.45) is 7.05 Å². The molecule has 0 spiro atoms. The van der Waals surface area contributed by atoms with Crippen molar-refractivity contribution < 1.29 is 19.7 Å². The molecule has 0 amide bonds. The number of hydrogen-bond donors (Lipinski definition) is 2. The van der Waals surface area contributed by atoms with Crippen LogP contribution in [-0.4, -0.2) is 44.5 Å². The summed E-state index contributed by atoms with van der Waals surface area (Å²) in [7, 11) is 3.08. The maximum absolute atomic E-state index is 11.1. The molecular weight excluding hydrogens is 248 g/mol. The Morgan fingerprint density at radius 1 is 1.63 bits per heavy atom. The molecule has 2 N–H and O–H groups in total. The van der Waals surface area contributed by atoms with Gasteiger partial charge >= 0.3 is 5.97 Å². The third-order valence-electron chi connectivity index (χ3n) is 2.87. The quantitative estimate of drug-likeness (QED) is 0.592. The van der Waals surface area contributed by atoms with Crippen LogP contribution in [0.25, 0.3) is 6.08 Å². The first-order chi connectivity index (χ1) is 8.75. The predicted molar refractivity (Wildman–Crippen MR) is 70.3 cm³/mol. The number of imidazole rings is 1. The fourth-order valence-electron chi connectivity index (χ4n) is 1.51. The Hall–Kier alpha value is -1.66. The molecule has 106 valence electrons. The smallest absolute Gasteiger partial charge is 0.330 e. The summed E-state index contributed by atoms with van der Waals surface area (Å²) >= 11 is 0. The number of aryl methyl sites for hydroxylation is 1. The number of esters is 1. The van der Waals surface area contributed by atoms with Crippen LogP contribution in [0.1, 0.15) is 25.2 Å². The number of aliphatic hydroxyl groups excluding tert-OH is 1. The van der Waals surface area contributed by atoms with E-state index in [0.717, 1.165) is 5.69 Å². The van der Waals surface area contributed by atoms with E-state index in [-0.39, 0.29) is 6.42 Å². The van der Waals surface area contributed by atoms with Crippen LogP contribution in [0.2, 0.25) is 0 Å². The van der Waals surface area contributed by atoms with Crippen molar-refractivity contribution in [2.75, 3.05) is 7.11 Å². The minimum Gasteiger partial charge on any atom is -0.466 e. The average molecular weight is 268 g/mol. The Kier molecular flexibility index (Phi) is 4.85. The second-order valence-electron chi connectivity index (χ2n) is 4.92. The van der Waals surface area contributed by atoms with Gasteiger partial charge in [-0.15, -0.1) is 0 Å². The summed E-state index contributed by atoms with van der Waals surface area (Å²) in [4.78, 5) is 15.2. The number of carbonyl (C=O) groups is 1. The van der Waals surface area contributed by atoms with Crippen molar-refractivity contribution in [1.82, 2.24) is 9.55 Å². The molecule has 0 aliphatic carbocycles. The van der Waals surface area contributed by atoms with Gasteiger partial charge in [-0.2, -0.15) is 0 Å². The van der Waals surface area contributed by atoms with Gasteiger partial charge in [0.05, 0.1) is 30.8 Å². The lowest BCUT2D eigenvalue weighted by Crippen LogP contribution is -2.37. The summed E-state index contributed by atoms with van der Waals surface area (Å²) in [6.45, 7) is 3.08. The summed E-state index contributed by atoms with van der Waals surface area (Å²) < 4.78 is 6.25. The van der Waals surface area contributed by atoms with Crippen LogP contribution < -0.4 is 0 Å². The molecule has 0 aromatic carbocycles. The normalized spacial score (nSPS) is 13.8. The second-order valence-corrected chi connectivity index (χ2v) is 4.92. The van der Waals surface area contributed by atoms with Gasteiger partial charge in [-0.25, -0.2) is 9.78 Å². The highest BCUT2D eigenvalue weighted by atomic mass is 16.5. The van der Waals surface area contributed by atoms with Gasteiger partial charge in [-0.3, -0.25) is 0 Å². The third-order valence-corrected chi connectivity index (χ3v) is 2.87. The lowest BCUT2D eigenvalue weighted by molar-refractivity contribution is -0.134. The minimum atomic E-state index is -1.20. The van der Waals surface area contributed by atoms with Crippen LogP contribution in [0, 0.1) is 0 Å². The molecule has 6 nitrogen and oxygen atoms in total. The van der Waals surface area contributed by atoms with E-state index < -0.39 is 17.7 Å². The number of aliphatic hydroxyl groups is 2. The van der Waals surface area contributed by atoms with E-state index >= 15 is 0 Å². The first-order valence-electron chi connectivity index (χ1n) is 5.92. The summed E-state index contributed by atoms with van der Waals surface area (Å²) in [6, 6.07) is 0. The topological polar surface area (TPSA) is 84.6 Å². The van der Waals surface area contributed by atoms with Gasteiger partial charge in [0.15, 0.2) is 0 Å². The van der Waals surface area contributed by atoms with E-state index in [1.54, 1.807) is 17.9 Å². The molecule has 1 aromatic heterocycles. The number of methoxy groups -OCH3 is 1. The van der Waals surface area contributed by atoms with Crippen molar-refractivity contribution in [3.8, 4) is 0 Å². The van der Waals surface area contributed by atoms with Crippen molar-refractivity contribution in [3.05, 3.63) is 23.8 Å². The molecule has 0 aliphatic rings. The van der Waals surface area contributed by atoms with Gasteiger partial charge in [0.25, 0.3) is 0 Å². The van der Waals surface area contributed by atoms with Crippen LogP contribution in [0.5, 0.6) is 0 Å². The zero-order valence-corrected chi connectivity index (χ0v) is 11.6. The van der Waals surface area contributed by atoms with Crippen LogP contribution in [0.15, 0.2) is 12.4 Å². The number of nitrogens with zero attached hydrogens (tertiary/aromatic N) is 2. The zero-order valence-electron chi connectivity index (χ0n) is 11.6. The number of hydrogen-bond acceptors (Lipinski definition) is 5. The van der Waals surface area contributed by atoms with Gasteiger partial charge in [0.2, 0.25) is 0 Å². The molecule has 1 rings (SSSR count). The molecular formula is C13H20N2O4. The van der Waals surface area contributed by atoms with E-state index in [1.807, 2.05) is 0 Å². The monoisotopic (exact) mass is 268 g/mol. The third kappa shape index (κ3) is 4.18. The molecule has 0 fully saturated rings. The maximum Gasteiger partial charge on any atom is 0.330 e. The van der Waals surface area contributed by atoms with E-state index in [1.165, 1.54) is 33.1 Å². The fourth-order valence-corrected chi connectivity index (χ4v) is 1.51. The molecule has 0 aliphatic heterocycles. The predicted octanol–water partition coefficient (Wildman–Crippen LogP) is 0.281. The Balaban J connectivity index is 2.92. The molecule has 0 radical (unpaired) electrons. The summed E-state index contributed by atoms with van der Waals surface area (Å²) in [5.41, 5.74) is 0.0964. The van der Waals surface area contributed by atoms with Crippen LogP contribution in [0.3, 0.4) is 0 Å². The SMILES string of the molecule is COC(=O)/C=C/c1ncn(C)c1C[C@H](O)C(C)(C)O. The Morgan fingerprint density at radius 2 is 2.26 bits per heavy atom. The van der Waals surface area contributed by atoms with Crippen molar-refractivity contribution >= 4 is 12.0 Å². The lowest BCUT2D eigenvalue weighted by atomic mass is 9.97. The average Bonchev–Trinajstić information content (AvgIpc) is 2.66. The number of rotatable bonds is 5. The second kappa shape index (κ2) is 5.99. The van der Waals surface area contributed by atoms with Crippen LogP contribution >= 0.6 is 0 Å². The summed E-state index contributed by atoms with van der Waals surface area (Å²) in [5.74, 6) is -0.473. The van der Waals surface area contributed by atoms with Crippen molar-refractivity contribution in [1.29, 1.82) is 0 Å². The number of aromatic nitrogens is 2. The molecule has 0 saturated heterocycles. The molecule has 0 unspecified atom stereocenters. The van der Waals surface area contributed by atoms with Gasteiger partial charge in [0, 0.05) is 25.2 Å². The minimum absolute atomic E-state index is 0.237. The maximum atomic E-state index is 11.1. The van der Waals surface area contributed by atoms with E-state index in [9.17, 15) is 15.0 Å². The van der Waals surface area contributed by atoms with Gasteiger partial charge in [-0.1, -0.05) is 0 Å². The zero-order chi connectivity index (χ0) is 14.6. The van der Waals surface area contributed by atoms with E-state index in [0.29, 0.717) is 5.69 Å². The Bertz CT molecular complexity index is 471. The molecule has 1 atom stereocenters. The van der Waals surface area contributed by atoms with Crippen molar-refractivity contribution in [2.45, 2.75) is 32.0 Å². The molecule has 6 heteroatoms. The highest BCUT2D eigenvalue weighted by molar-refractivity contribution is 5.86. The number of carbonyl (C=O) groups excluding carboxylic acids is 1. The van der Waals surface area contributed by atoms with Gasteiger partial charge in [-0.05, 0) is 19.9 Å². The van der Waals surface area contributed by atoms with Crippen molar-refractivity contribution in [3.63, 3.8) is 0 Å². The van der Waals surface area contributed by atoms with E-state index in [4.69, 9.17) is 0 Å². The lowest BCUT2D eigenvalue weighted by Gasteiger charge is -2.24. The standard InChI is InChI=1S/C13H20N2O4/c1-13(2,18)11(16)7-10-9(14-8-15(10)3)5-6-12(17)19-4/h5-6,8,11,16,18H,7H2,1-4H3/b6-5+/t11-/m0/s1. The van der Waals surface area contributed by atoms with Crippen LogP contribution in [-0.2, 0) is 23.0 Å². The molecule has 0 saturated carbocycles. The van der Waals surface area contributed by atoms with Crippen LogP contribution in [0.4, 0.5) is 0 Å². The number of ether oxygens (including phenoxy) is 1.